The number of Topliss-reactive ketones (excluding diaryl/α,β-unsaturated/α-hetero) is 1. The maximum absolute atomic E-state index is 12.4. The van der Waals surface area contributed by atoms with Crippen LogP contribution in [-0.4, -0.2) is 42.0 Å². The number of nitrogens with zero attached hydrogens (tertiary/aromatic N) is 1. The van der Waals surface area contributed by atoms with Crippen molar-refractivity contribution in [2.24, 2.45) is 17.8 Å². The van der Waals surface area contributed by atoms with Crippen LogP contribution in [0.4, 0.5) is 0 Å². The number of hydrogen-bond donors (Lipinski definition) is 0. The molecule has 104 valence electrons. The Morgan fingerprint density at radius 3 is 2.22 bits per heavy atom. The van der Waals surface area contributed by atoms with Crippen LogP contribution in [0, 0.1) is 17.8 Å². The second kappa shape index (κ2) is 4.31. The number of ketones is 1. The first-order valence-corrected chi connectivity index (χ1v) is 7.06. The molecule has 2 rings (SSSR count). The predicted molar refractivity (Wildman–Crippen MR) is 72.5 cm³/mol. The van der Waals surface area contributed by atoms with Crippen LogP contribution in [0.15, 0.2) is 0 Å². The third-order valence-electron chi connectivity index (χ3n) is 4.58. The molecule has 1 saturated heterocycles. The van der Waals surface area contributed by atoms with E-state index >= 15 is 0 Å². The van der Waals surface area contributed by atoms with Crippen molar-refractivity contribution in [2.45, 2.75) is 52.2 Å². The van der Waals surface area contributed by atoms with E-state index < -0.39 is 5.60 Å². The molecule has 3 atom stereocenters. The highest BCUT2D eigenvalue weighted by Crippen LogP contribution is 2.41. The fraction of sp³-hybridized carbons (Fsp3) is 0.933. The highest BCUT2D eigenvalue weighted by Gasteiger charge is 2.53. The van der Waals surface area contributed by atoms with Gasteiger partial charge in [0.1, 0.15) is 5.60 Å². The van der Waals surface area contributed by atoms with Gasteiger partial charge in [0.2, 0.25) is 0 Å². The maximum atomic E-state index is 12.4. The topological polar surface area (TPSA) is 29.5 Å². The van der Waals surface area contributed by atoms with Crippen LogP contribution in [0.2, 0.25) is 0 Å². The molecule has 2 fully saturated rings. The zero-order valence-electron chi connectivity index (χ0n) is 12.6. The van der Waals surface area contributed by atoms with Gasteiger partial charge in [-0.3, -0.25) is 4.79 Å². The number of ether oxygens (including phenoxy) is 1. The minimum atomic E-state index is -0.623. The lowest BCUT2D eigenvalue weighted by molar-refractivity contribution is -0.132. The fourth-order valence-electron chi connectivity index (χ4n) is 3.26. The molecule has 2 aliphatic rings. The van der Waals surface area contributed by atoms with Gasteiger partial charge in [0.15, 0.2) is 5.78 Å². The Morgan fingerprint density at radius 2 is 1.83 bits per heavy atom. The summed E-state index contributed by atoms with van der Waals surface area (Å²) in [5.41, 5.74) is -0.966. The van der Waals surface area contributed by atoms with Gasteiger partial charge >= 0.3 is 0 Å². The van der Waals surface area contributed by atoms with Gasteiger partial charge in [0, 0.05) is 13.1 Å². The van der Waals surface area contributed by atoms with Crippen molar-refractivity contribution in [2.75, 3.05) is 20.1 Å². The Labute approximate surface area is 111 Å². The molecule has 1 saturated carbocycles. The van der Waals surface area contributed by atoms with Crippen LogP contribution in [0.5, 0.6) is 0 Å². The normalized spacial score (nSPS) is 37.3. The number of carbonyl (C=O) groups excluding carboxylic acids is 1. The Bertz CT molecular complexity index is 348. The number of rotatable bonds is 4. The third-order valence-corrected chi connectivity index (χ3v) is 4.58. The minimum absolute atomic E-state index is 0.00782. The first kappa shape index (κ1) is 14.0. The molecule has 0 radical (unpaired) electrons. The van der Waals surface area contributed by atoms with Gasteiger partial charge in [0.05, 0.1) is 11.5 Å². The van der Waals surface area contributed by atoms with Gasteiger partial charge in [-0.05, 0) is 53.0 Å². The summed E-state index contributed by atoms with van der Waals surface area (Å²) in [7, 11) is 2.12. The molecule has 1 aliphatic heterocycles. The van der Waals surface area contributed by atoms with E-state index in [0.29, 0.717) is 0 Å². The van der Waals surface area contributed by atoms with Crippen molar-refractivity contribution in [3.8, 4) is 0 Å². The molecule has 0 bridgehead atoms. The summed E-state index contributed by atoms with van der Waals surface area (Å²) in [4.78, 5) is 14.7. The standard InChI is InChI=1S/C15H27NO2/c1-10-7-11(10)8-16(6)9-12-13(17)15(4,5)18-14(12,2)3/h10-12H,7-9H2,1-6H3. The zero-order valence-corrected chi connectivity index (χ0v) is 12.6. The van der Waals surface area contributed by atoms with Crippen molar-refractivity contribution >= 4 is 5.78 Å². The lowest BCUT2D eigenvalue weighted by Gasteiger charge is -2.28. The fourth-order valence-corrected chi connectivity index (χ4v) is 3.26. The summed E-state index contributed by atoms with van der Waals surface area (Å²) >= 11 is 0. The molecule has 0 N–H and O–H groups in total. The minimum Gasteiger partial charge on any atom is -0.361 e. The highest BCUT2D eigenvalue weighted by molar-refractivity contribution is 5.91. The van der Waals surface area contributed by atoms with Crippen LogP contribution in [0.3, 0.4) is 0 Å². The molecule has 3 heteroatoms. The van der Waals surface area contributed by atoms with Crippen molar-refractivity contribution in [3.05, 3.63) is 0 Å². The highest BCUT2D eigenvalue weighted by atomic mass is 16.5. The molecule has 1 heterocycles. The Kier molecular flexibility index (Phi) is 3.35. The maximum Gasteiger partial charge on any atom is 0.171 e. The molecule has 0 aromatic carbocycles. The zero-order chi connectivity index (χ0) is 13.7. The van der Waals surface area contributed by atoms with E-state index in [2.05, 4.69) is 18.9 Å². The largest absolute Gasteiger partial charge is 0.361 e. The van der Waals surface area contributed by atoms with E-state index in [4.69, 9.17) is 4.74 Å². The predicted octanol–water partition coefficient (Wildman–Crippen LogP) is 2.35. The summed E-state index contributed by atoms with van der Waals surface area (Å²) in [5.74, 6) is 1.95. The van der Waals surface area contributed by atoms with E-state index in [1.54, 1.807) is 0 Å². The molecule has 3 unspecified atom stereocenters. The average molecular weight is 253 g/mol. The average Bonchev–Trinajstić information content (AvgIpc) is 2.83. The quantitative estimate of drug-likeness (QED) is 0.770. The second-order valence-electron chi connectivity index (χ2n) is 7.33. The van der Waals surface area contributed by atoms with E-state index in [-0.39, 0.29) is 17.3 Å². The van der Waals surface area contributed by atoms with Gasteiger partial charge < -0.3 is 9.64 Å². The van der Waals surface area contributed by atoms with E-state index in [0.717, 1.165) is 24.9 Å². The third kappa shape index (κ3) is 2.62. The Morgan fingerprint density at radius 1 is 1.28 bits per heavy atom. The van der Waals surface area contributed by atoms with Crippen LogP contribution in [-0.2, 0) is 9.53 Å². The molecule has 0 spiro atoms. The summed E-state index contributed by atoms with van der Waals surface area (Å²) in [6.07, 6.45) is 1.34. The monoisotopic (exact) mass is 253 g/mol. The van der Waals surface area contributed by atoms with E-state index in [1.165, 1.54) is 6.42 Å². The summed E-state index contributed by atoms with van der Waals surface area (Å²) < 4.78 is 5.93. The van der Waals surface area contributed by atoms with Crippen molar-refractivity contribution in [3.63, 3.8) is 0 Å². The second-order valence-corrected chi connectivity index (χ2v) is 7.33. The van der Waals surface area contributed by atoms with Crippen LogP contribution < -0.4 is 0 Å². The molecule has 0 aromatic rings. The van der Waals surface area contributed by atoms with Crippen molar-refractivity contribution in [1.82, 2.24) is 4.90 Å². The molecular weight excluding hydrogens is 226 g/mol. The first-order valence-electron chi connectivity index (χ1n) is 7.06. The number of carbonyl (C=O) groups is 1. The lowest BCUT2D eigenvalue weighted by Crippen LogP contribution is -2.40. The van der Waals surface area contributed by atoms with E-state index in [1.807, 2.05) is 27.7 Å². The lowest BCUT2D eigenvalue weighted by atomic mass is 9.85. The van der Waals surface area contributed by atoms with Crippen molar-refractivity contribution in [1.29, 1.82) is 0 Å². The Hall–Kier alpha value is -0.410. The molecule has 18 heavy (non-hydrogen) atoms. The van der Waals surface area contributed by atoms with Crippen LogP contribution in [0.25, 0.3) is 0 Å². The SMILES string of the molecule is CC1CC1CN(C)CC1C(=O)C(C)(C)OC1(C)C. The van der Waals surface area contributed by atoms with Gasteiger partial charge in [-0.15, -0.1) is 0 Å². The number of hydrogen-bond acceptors (Lipinski definition) is 3. The van der Waals surface area contributed by atoms with Crippen molar-refractivity contribution < 1.29 is 9.53 Å². The van der Waals surface area contributed by atoms with Gasteiger partial charge in [-0.1, -0.05) is 6.92 Å². The molecule has 0 amide bonds. The molecule has 3 nitrogen and oxygen atoms in total. The molecule has 0 aromatic heterocycles. The molecular formula is C15H27NO2. The van der Waals surface area contributed by atoms with E-state index in [9.17, 15) is 4.79 Å². The molecule has 1 aliphatic carbocycles. The van der Waals surface area contributed by atoms with Gasteiger partial charge in [-0.2, -0.15) is 0 Å². The van der Waals surface area contributed by atoms with Crippen LogP contribution in [0.1, 0.15) is 41.0 Å². The Balaban J connectivity index is 1.97. The first-order chi connectivity index (χ1) is 8.13. The van der Waals surface area contributed by atoms with Crippen LogP contribution >= 0.6 is 0 Å². The smallest absolute Gasteiger partial charge is 0.171 e. The van der Waals surface area contributed by atoms with Gasteiger partial charge in [0.25, 0.3) is 0 Å². The summed E-state index contributed by atoms with van der Waals surface area (Å²) in [5, 5.41) is 0. The van der Waals surface area contributed by atoms with Gasteiger partial charge in [-0.25, -0.2) is 0 Å². The summed E-state index contributed by atoms with van der Waals surface area (Å²) in [6.45, 7) is 12.1. The summed E-state index contributed by atoms with van der Waals surface area (Å²) in [6, 6.07) is 0.